The minimum absolute atomic E-state index is 0.257. The Labute approximate surface area is 114 Å². The molecule has 0 heterocycles. The zero-order valence-corrected chi connectivity index (χ0v) is 11.8. The summed E-state index contributed by atoms with van der Waals surface area (Å²) in [6.45, 7) is 6.22. The van der Waals surface area contributed by atoms with Crippen molar-refractivity contribution in [2.45, 2.75) is 45.6 Å². The Morgan fingerprint density at radius 1 is 1.26 bits per heavy atom. The Bertz CT molecular complexity index is 474. The van der Waals surface area contributed by atoms with Gasteiger partial charge in [-0.25, -0.2) is 4.39 Å². The lowest BCUT2D eigenvalue weighted by molar-refractivity contribution is 0.240. The van der Waals surface area contributed by atoms with E-state index in [9.17, 15) is 9.65 Å². The summed E-state index contributed by atoms with van der Waals surface area (Å²) in [5, 5.41) is 12.9. The summed E-state index contributed by atoms with van der Waals surface area (Å²) in [5.74, 6) is 0.781. The molecule has 1 aromatic carbocycles. The second-order valence-corrected chi connectivity index (χ2v) is 6.19. The molecule has 1 aliphatic rings. The number of hydrogen-bond acceptors (Lipinski definition) is 2. The molecule has 3 heteroatoms. The van der Waals surface area contributed by atoms with Crippen LogP contribution in [0.5, 0.6) is 0 Å². The van der Waals surface area contributed by atoms with Crippen LogP contribution in [0.4, 0.5) is 10.1 Å². The van der Waals surface area contributed by atoms with E-state index in [1.54, 1.807) is 0 Å². The van der Waals surface area contributed by atoms with Gasteiger partial charge in [0, 0.05) is 5.69 Å². The van der Waals surface area contributed by atoms with Crippen molar-refractivity contribution in [2.75, 3.05) is 5.32 Å². The molecule has 0 radical (unpaired) electrons. The third-order valence-electron chi connectivity index (χ3n) is 3.84. The summed E-state index contributed by atoms with van der Waals surface area (Å²) in [6, 6.07) is 7.29. The Balaban J connectivity index is 2.25. The summed E-state index contributed by atoms with van der Waals surface area (Å²) < 4.78 is 13.4. The van der Waals surface area contributed by atoms with Gasteiger partial charge >= 0.3 is 0 Å². The second kappa shape index (κ2) is 5.21. The average molecular weight is 260 g/mol. The fourth-order valence-electron chi connectivity index (χ4n) is 3.43. The van der Waals surface area contributed by atoms with Gasteiger partial charge in [-0.05, 0) is 61.8 Å². The van der Waals surface area contributed by atoms with Crippen LogP contribution in [0.15, 0.2) is 18.2 Å². The van der Waals surface area contributed by atoms with Crippen LogP contribution in [0.25, 0.3) is 0 Å². The Hall–Kier alpha value is -1.56. The van der Waals surface area contributed by atoms with Crippen molar-refractivity contribution >= 4 is 5.69 Å². The van der Waals surface area contributed by atoms with E-state index in [4.69, 9.17) is 0 Å². The molecule has 102 valence electrons. The zero-order chi connectivity index (χ0) is 14.0. The van der Waals surface area contributed by atoms with Gasteiger partial charge in [-0.15, -0.1) is 0 Å². The molecule has 2 nitrogen and oxygen atoms in total. The number of benzene rings is 1. The quantitative estimate of drug-likeness (QED) is 0.862. The molecule has 1 aliphatic carbocycles. The summed E-state index contributed by atoms with van der Waals surface area (Å²) in [4.78, 5) is 0. The summed E-state index contributed by atoms with van der Waals surface area (Å²) in [7, 11) is 0. The van der Waals surface area contributed by atoms with Crippen LogP contribution in [0.3, 0.4) is 0 Å². The predicted molar refractivity (Wildman–Crippen MR) is 75.3 cm³/mol. The summed E-state index contributed by atoms with van der Waals surface area (Å²) in [6.07, 6.45) is 2.81. The molecule has 1 fully saturated rings. The first-order chi connectivity index (χ1) is 8.92. The molecule has 0 aliphatic heterocycles. The van der Waals surface area contributed by atoms with E-state index in [0.29, 0.717) is 17.5 Å². The SMILES string of the molecule is Cc1cc(F)cc(NC2(C#N)CC(C)CC(C)C2)c1. The van der Waals surface area contributed by atoms with E-state index in [0.717, 1.165) is 24.8 Å². The molecule has 19 heavy (non-hydrogen) atoms. The number of rotatable bonds is 2. The third kappa shape index (κ3) is 3.26. The van der Waals surface area contributed by atoms with Crippen LogP contribution in [0.1, 0.15) is 38.7 Å². The van der Waals surface area contributed by atoms with Crippen molar-refractivity contribution in [3.05, 3.63) is 29.6 Å². The van der Waals surface area contributed by atoms with Gasteiger partial charge in [0.2, 0.25) is 0 Å². The standard InChI is InChI=1S/C16H21FN2/c1-11-5-14(17)7-15(6-11)19-16(10-18)8-12(2)4-13(3)9-16/h5-7,12-13,19H,4,8-9H2,1-3H3. The number of hydrogen-bond donors (Lipinski definition) is 1. The van der Waals surface area contributed by atoms with Gasteiger partial charge < -0.3 is 5.32 Å². The number of nitrogens with one attached hydrogen (secondary N) is 1. The van der Waals surface area contributed by atoms with Gasteiger partial charge in [0.25, 0.3) is 0 Å². The smallest absolute Gasteiger partial charge is 0.125 e. The molecule has 1 aromatic rings. The molecule has 1 saturated carbocycles. The monoisotopic (exact) mass is 260 g/mol. The first kappa shape index (κ1) is 13.9. The van der Waals surface area contributed by atoms with Crippen molar-refractivity contribution in [2.24, 2.45) is 11.8 Å². The zero-order valence-electron chi connectivity index (χ0n) is 11.8. The van der Waals surface area contributed by atoms with Crippen LogP contribution in [-0.2, 0) is 0 Å². The predicted octanol–water partition coefficient (Wildman–Crippen LogP) is 4.26. The molecule has 0 saturated heterocycles. The van der Waals surface area contributed by atoms with Crippen LogP contribution in [0, 0.1) is 35.9 Å². The van der Waals surface area contributed by atoms with Crippen molar-refractivity contribution in [1.82, 2.24) is 0 Å². The maximum atomic E-state index is 13.4. The van der Waals surface area contributed by atoms with Crippen LogP contribution < -0.4 is 5.32 Å². The number of aryl methyl sites for hydroxylation is 1. The fraction of sp³-hybridized carbons (Fsp3) is 0.562. The van der Waals surface area contributed by atoms with Crippen molar-refractivity contribution in [3.63, 3.8) is 0 Å². The highest BCUT2D eigenvalue weighted by Crippen LogP contribution is 2.38. The third-order valence-corrected chi connectivity index (χ3v) is 3.84. The normalized spacial score (nSPS) is 30.7. The maximum absolute atomic E-state index is 13.4. The molecule has 1 N–H and O–H groups in total. The Morgan fingerprint density at radius 2 is 1.89 bits per heavy atom. The first-order valence-corrected chi connectivity index (χ1v) is 6.89. The van der Waals surface area contributed by atoms with Crippen LogP contribution >= 0.6 is 0 Å². The van der Waals surface area contributed by atoms with Gasteiger partial charge in [-0.3, -0.25) is 0 Å². The minimum atomic E-state index is -0.558. The lowest BCUT2D eigenvalue weighted by atomic mass is 9.72. The number of anilines is 1. The highest BCUT2D eigenvalue weighted by atomic mass is 19.1. The number of halogens is 1. The van der Waals surface area contributed by atoms with Crippen molar-refractivity contribution in [1.29, 1.82) is 5.26 Å². The van der Waals surface area contributed by atoms with Gasteiger partial charge in [0.15, 0.2) is 0 Å². The maximum Gasteiger partial charge on any atom is 0.125 e. The van der Waals surface area contributed by atoms with Gasteiger partial charge in [0.05, 0.1) is 6.07 Å². The summed E-state index contributed by atoms with van der Waals surface area (Å²) >= 11 is 0. The van der Waals surface area contributed by atoms with Gasteiger partial charge in [-0.2, -0.15) is 5.26 Å². The molecular weight excluding hydrogens is 239 g/mol. The van der Waals surface area contributed by atoms with Crippen LogP contribution in [-0.4, -0.2) is 5.54 Å². The molecular formula is C16H21FN2. The van der Waals surface area contributed by atoms with E-state index in [-0.39, 0.29) is 5.82 Å². The van der Waals surface area contributed by atoms with Crippen molar-refractivity contribution < 1.29 is 4.39 Å². The molecule has 0 amide bonds. The largest absolute Gasteiger partial charge is 0.367 e. The first-order valence-electron chi connectivity index (χ1n) is 6.89. The molecule has 0 spiro atoms. The molecule has 2 atom stereocenters. The molecule has 2 rings (SSSR count). The van der Waals surface area contributed by atoms with E-state index in [2.05, 4.69) is 25.2 Å². The Morgan fingerprint density at radius 3 is 2.42 bits per heavy atom. The molecule has 2 unspecified atom stereocenters. The van der Waals surface area contributed by atoms with Gasteiger partial charge in [0.1, 0.15) is 11.4 Å². The fourth-order valence-corrected chi connectivity index (χ4v) is 3.43. The van der Waals surface area contributed by atoms with E-state index < -0.39 is 5.54 Å². The minimum Gasteiger partial charge on any atom is -0.367 e. The lowest BCUT2D eigenvalue weighted by Crippen LogP contribution is -2.43. The van der Waals surface area contributed by atoms with Gasteiger partial charge in [-0.1, -0.05) is 13.8 Å². The number of nitrogens with zero attached hydrogens (tertiary/aromatic N) is 1. The van der Waals surface area contributed by atoms with Crippen LogP contribution in [0.2, 0.25) is 0 Å². The van der Waals surface area contributed by atoms with E-state index in [1.165, 1.54) is 12.1 Å². The van der Waals surface area contributed by atoms with Crippen molar-refractivity contribution in [3.8, 4) is 6.07 Å². The second-order valence-electron chi connectivity index (χ2n) is 6.19. The van der Waals surface area contributed by atoms with E-state index >= 15 is 0 Å². The Kier molecular flexibility index (Phi) is 3.80. The summed E-state index contributed by atoms with van der Waals surface area (Å²) in [5.41, 5.74) is 1.02. The number of nitriles is 1. The molecule has 0 aromatic heterocycles. The highest BCUT2D eigenvalue weighted by Gasteiger charge is 2.38. The highest BCUT2D eigenvalue weighted by molar-refractivity contribution is 5.50. The van der Waals surface area contributed by atoms with E-state index in [1.807, 2.05) is 13.0 Å². The average Bonchev–Trinajstić information content (AvgIpc) is 2.25. The topological polar surface area (TPSA) is 35.8 Å². The molecule has 0 bridgehead atoms. The lowest BCUT2D eigenvalue weighted by Gasteiger charge is -2.39.